The molecule has 4 heteroatoms. The Balaban J connectivity index is 2.03. The first-order valence-electron chi connectivity index (χ1n) is 5.39. The van der Waals surface area contributed by atoms with Crippen LogP contribution in [0, 0.1) is 0 Å². The van der Waals surface area contributed by atoms with Crippen molar-refractivity contribution >= 4 is 33.2 Å². The van der Waals surface area contributed by atoms with Gasteiger partial charge in [0.25, 0.3) is 0 Å². The lowest BCUT2D eigenvalue weighted by molar-refractivity contribution is 0.498. The van der Waals surface area contributed by atoms with Gasteiger partial charge in [-0.05, 0) is 47.1 Å². The molecule has 0 aliphatic rings. The summed E-state index contributed by atoms with van der Waals surface area (Å²) in [5.74, 6) is 0.975. The van der Waals surface area contributed by atoms with Crippen molar-refractivity contribution in [2.75, 3.05) is 5.32 Å². The van der Waals surface area contributed by atoms with E-state index in [1.165, 1.54) is 0 Å². The number of furan rings is 1. The van der Waals surface area contributed by atoms with Gasteiger partial charge in [0.1, 0.15) is 5.76 Å². The lowest BCUT2D eigenvalue weighted by Crippen LogP contribution is -2.18. The van der Waals surface area contributed by atoms with Crippen LogP contribution in [-0.4, -0.2) is 6.04 Å². The van der Waals surface area contributed by atoms with Crippen LogP contribution in [0.2, 0.25) is 5.02 Å². The molecule has 0 fully saturated rings. The molecule has 0 saturated carbocycles. The molecule has 1 unspecified atom stereocenters. The fourth-order valence-corrected chi connectivity index (χ4v) is 2.22. The molecule has 0 bridgehead atoms. The Morgan fingerprint density at radius 3 is 2.88 bits per heavy atom. The molecule has 2 rings (SSSR count). The van der Waals surface area contributed by atoms with Crippen molar-refractivity contribution < 1.29 is 4.42 Å². The van der Waals surface area contributed by atoms with E-state index < -0.39 is 0 Å². The van der Waals surface area contributed by atoms with Crippen LogP contribution in [0.4, 0.5) is 5.69 Å². The highest BCUT2D eigenvalue weighted by molar-refractivity contribution is 9.10. The van der Waals surface area contributed by atoms with Gasteiger partial charge in [-0.1, -0.05) is 17.7 Å². The number of anilines is 1. The van der Waals surface area contributed by atoms with Crippen molar-refractivity contribution in [2.24, 2.45) is 0 Å². The third-order valence-corrected chi connectivity index (χ3v) is 3.84. The smallest absolute Gasteiger partial charge is 0.105 e. The molecule has 0 spiro atoms. The van der Waals surface area contributed by atoms with Gasteiger partial charge < -0.3 is 9.73 Å². The number of rotatable bonds is 4. The number of nitrogens with one attached hydrogen (secondary N) is 1. The highest BCUT2D eigenvalue weighted by Crippen LogP contribution is 2.30. The van der Waals surface area contributed by atoms with E-state index in [9.17, 15) is 0 Å². The molecule has 0 amide bonds. The lowest BCUT2D eigenvalue weighted by Gasteiger charge is -2.15. The van der Waals surface area contributed by atoms with E-state index in [1.54, 1.807) is 6.26 Å². The van der Waals surface area contributed by atoms with E-state index in [2.05, 4.69) is 28.2 Å². The van der Waals surface area contributed by atoms with Crippen LogP contribution in [0.5, 0.6) is 0 Å². The third-order valence-electron chi connectivity index (χ3n) is 2.44. The molecule has 0 aliphatic heterocycles. The van der Waals surface area contributed by atoms with Crippen molar-refractivity contribution in [1.82, 2.24) is 0 Å². The van der Waals surface area contributed by atoms with E-state index in [4.69, 9.17) is 16.0 Å². The molecule has 0 radical (unpaired) electrons. The van der Waals surface area contributed by atoms with Gasteiger partial charge in [0, 0.05) is 12.5 Å². The van der Waals surface area contributed by atoms with Crippen LogP contribution < -0.4 is 5.32 Å². The van der Waals surface area contributed by atoms with Crippen molar-refractivity contribution in [3.8, 4) is 0 Å². The molecule has 1 heterocycles. The van der Waals surface area contributed by atoms with Crippen molar-refractivity contribution in [3.63, 3.8) is 0 Å². The van der Waals surface area contributed by atoms with E-state index in [1.807, 2.05) is 30.3 Å². The highest BCUT2D eigenvalue weighted by Gasteiger charge is 2.09. The fraction of sp³-hybridized carbons (Fsp3) is 0.231. The normalized spacial score (nSPS) is 12.4. The average Bonchev–Trinajstić information content (AvgIpc) is 2.77. The number of hydrogen-bond acceptors (Lipinski definition) is 2. The van der Waals surface area contributed by atoms with Gasteiger partial charge in [-0.25, -0.2) is 0 Å². The zero-order valence-electron chi connectivity index (χ0n) is 9.41. The maximum atomic E-state index is 6.03. The third kappa shape index (κ3) is 3.27. The minimum atomic E-state index is 0.274. The number of halogens is 2. The van der Waals surface area contributed by atoms with E-state index in [-0.39, 0.29) is 6.04 Å². The second kappa shape index (κ2) is 5.61. The molecule has 1 atom stereocenters. The Labute approximate surface area is 114 Å². The monoisotopic (exact) mass is 313 g/mol. The van der Waals surface area contributed by atoms with Crippen molar-refractivity contribution in [3.05, 3.63) is 51.9 Å². The van der Waals surface area contributed by atoms with Crippen LogP contribution in [-0.2, 0) is 6.42 Å². The van der Waals surface area contributed by atoms with Gasteiger partial charge in [-0.3, -0.25) is 0 Å². The van der Waals surface area contributed by atoms with Gasteiger partial charge in [-0.2, -0.15) is 0 Å². The summed E-state index contributed by atoms with van der Waals surface area (Å²) in [6, 6.07) is 9.93. The highest BCUT2D eigenvalue weighted by atomic mass is 79.9. The summed E-state index contributed by atoms with van der Waals surface area (Å²) in [6.07, 6.45) is 2.53. The van der Waals surface area contributed by atoms with E-state index >= 15 is 0 Å². The summed E-state index contributed by atoms with van der Waals surface area (Å²) >= 11 is 9.50. The summed E-state index contributed by atoms with van der Waals surface area (Å²) in [4.78, 5) is 0. The Morgan fingerprint density at radius 1 is 1.35 bits per heavy atom. The zero-order valence-corrected chi connectivity index (χ0v) is 11.8. The standard InChI is InChI=1S/C13H13BrClNO/c1-9(8-10-4-3-7-17-10)16-12-6-2-5-11(15)13(12)14/h2-7,9,16H,8H2,1H3. The summed E-state index contributed by atoms with van der Waals surface area (Å²) < 4.78 is 6.21. The summed E-state index contributed by atoms with van der Waals surface area (Å²) in [7, 11) is 0. The van der Waals surface area contributed by atoms with Crippen LogP contribution in [0.1, 0.15) is 12.7 Å². The van der Waals surface area contributed by atoms with E-state index in [0.717, 1.165) is 22.3 Å². The lowest BCUT2D eigenvalue weighted by atomic mass is 10.2. The molecular formula is C13H13BrClNO. The van der Waals surface area contributed by atoms with Crippen LogP contribution in [0.15, 0.2) is 45.5 Å². The first kappa shape index (κ1) is 12.5. The van der Waals surface area contributed by atoms with Crippen molar-refractivity contribution in [2.45, 2.75) is 19.4 Å². The summed E-state index contributed by atoms with van der Waals surface area (Å²) in [5, 5.41) is 4.11. The van der Waals surface area contributed by atoms with Crippen LogP contribution in [0.25, 0.3) is 0 Å². The van der Waals surface area contributed by atoms with Gasteiger partial charge in [0.15, 0.2) is 0 Å². The minimum absolute atomic E-state index is 0.274. The maximum absolute atomic E-state index is 6.03. The van der Waals surface area contributed by atoms with Crippen LogP contribution >= 0.6 is 27.5 Å². The first-order valence-corrected chi connectivity index (χ1v) is 6.57. The molecular weight excluding hydrogens is 302 g/mol. The second-order valence-corrected chi connectivity index (χ2v) is 5.13. The SMILES string of the molecule is CC(Cc1ccco1)Nc1cccc(Cl)c1Br. The molecule has 1 aromatic heterocycles. The van der Waals surface area contributed by atoms with Gasteiger partial charge in [0.2, 0.25) is 0 Å². The van der Waals surface area contributed by atoms with Gasteiger partial charge in [0.05, 0.1) is 21.4 Å². The molecule has 0 aliphatic carbocycles. The Bertz CT molecular complexity index is 484. The average molecular weight is 315 g/mol. The molecule has 0 saturated heterocycles. The largest absolute Gasteiger partial charge is 0.469 e. The Hall–Kier alpha value is -0.930. The summed E-state index contributed by atoms with van der Waals surface area (Å²) in [5.41, 5.74) is 0.997. The Kier molecular flexibility index (Phi) is 4.13. The molecule has 1 aromatic carbocycles. The predicted octanol–water partition coefficient (Wildman–Crippen LogP) is 4.74. The van der Waals surface area contributed by atoms with Gasteiger partial charge in [-0.15, -0.1) is 0 Å². The molecule has 2 aromatic rings. The van der Waals surface area contributed by atoms with Crippen molar-refractivity contribution in [1.29, 1.82) is 0 Å². The molecule has 1 N–H and O–H groups in total. The van der Waals surface area contributed by atoms with Gasteiger partial charge >= 0.3 is 0 Å². The number of hydrogen-bond donors (Lipinski definition) is 1. The number of benzene rings is 1. The zero-order chi connectivity index (χ0) is 12.3. The molecule has 90 valence electrons. The summed E-state index contributed by atoms with van der Waals surface area (Å²) in [6.45, 7) is 2.11. The topological polar surface area (TPSA) is 25.2 Å². The molecule has 2 nitrogen and oxygen atoms in total. The fourth-order valence-electron chi connectivity index (χ4n) is 1.66. The maximum Gasteiger partial charge on any atom is 0.105 e. The van der Waals surface area contributed by atoms with E-state index in [0.29, 0.717) is 5.02 Å². The Morgan fingerprint density at radius 2 is 2.18 bits per heavy atom. The minimum Gasteiger partial charge on any atom is -0.469 e. The predicted molar refractivity (Wildman–Crippen MR) is 74.6 cm³/mol. The quantitative estimate of drug-likeness (QED) is 0.882. The molecule has 17 heavy (non-hydrogen) atoms. The second-order valence-electron chi connectivity index (χ2n) is 3.93. The van der Waals surface area contributed by atoms with Crippen LogP contribution in [0.3, 0.4) is 0 Å². The first-order chi connectivity index (χ1) is 8.16.